The fourth-order valence-corrected chi connectivity index (χ4v) is 6.46. The van der Waals surface area contributed by atoms with E-state index < -0.39 is 15.7 Å². The Bertz CT molecular complexity index is 1050. The summed E-state index contributed by atoms with van der Waals surface area (Å²) in [5, 5.41) is 3.90. The molecule has 0 N–H and O–H groups in total. The van der Waals surface area contributed by atoms with Crippen LogP contribution in [-0.2, 0) is 34.1 Å². The molecule has 1 amide bonds. The Labute approximate surface area is 174 Å². The molecule has 2 aliphatic rings. The van der Waals surface area contributed by atoms with Gasteiger partial charge >= 0.3 is 0 Å². The Morgan fingerprint density at radius 1 is 1.31 bits per heavy atom. The Morgan fingerprint density at radius 3 is 2.72 bits per heavy atom. The van der Waals surface area contributed by atoms with Crippen molar-refractivity contribution in [3.8, 4) is 0 Å². The molecular weight excluding hydrogens is 417 g/mol. The number of amides is 1. The Kier molecular flexibility index (Phi) is 5.42. The van der Waals surface area contributed by atoms with Gasteiger partial charge in [0.2, 0.25) is 5.91 Å². The number of fused-ring (bicyclic) bond motifs is 1. The van der Waals surface area contributed by atoms with Crippen LogP contribution in [0.15, 0.2) is 29.3 Å². The maximum atomic E-state index is 13.4. The molecule has 0 radical (unpaired) electrons. The van der Waals surface area contributed by atoms with Gasteiger partial charge in [-0.25, -0.2) is 12.8 Å². The molecule has 1 fully saturated rings. The zero-order valence-electron chi connectivity index (χ0n) is 16.1. The number of sulfone groups is 1. The van der Waals surface area contributed by atoms with Crippen LogP contribution < -0.4 is 0 Å². The lowest BCUT2D eigenvalue weighted by Crippen LogP contribution is -2.46. The number of hydrogen-bond donors (Lipinski definition) is 0. The van der Waals surface area contributed by atoms with Crippen LogP contribution in [0.5, 0.6) is 0 Å². The Morgan fingerprint density at radius 2 is 2.03 bits per heavy atom. The van der Waals surface area contributed by atoms with Crippen LogP contribution in [0, 0.1) is 5.82 Å². The van der Waals surface area contributed by atoms with E-state index in [4.69, 9.17) is 11.6 Å². The molecule has 0 bridgehead atoms. The smallest absolute Gasteiger partial charge is 0.227 e. The lowest BCUT2D eigenvalue weighted by molar-refractivity contribution is -0.134. The molecular formula is C20H23ClFN3O3S. The van der Waals surface area contributed by atoms with Crippen molar-refractivity contribution in [3.05, 3.63) is 46.5 Å². The summed E-state index contributed by atoms with van der Waals surface area (Å²) in [5.74, 6) is -0.684. The van der Waals surface area contributed by atoms with E-state index in [0.29, 0.717) is 30.6 Å². The summed E-state index contributed by atoms with van der Waals surface area (Å²) in [6, 6.07) is 4.09. The van der Waals surface area contributed by atoms with Crippen LogP contribution >= 0.6 is 11.6 Å². The van der Waals surface area contributed by atoms with E-state index in [1.165, 1.54) is 24.4 Å². The fraction of sp³-hybridized carbons (Fsp3) is 0.500. The predicted molar refractivity (Wildman–Crippen MR) is 107 cm³/mol. The number of rotatable bonds is 4. The minimum Gasteiger partial charge on any atom is -0.332 e. The number of benzene rings is 1. The molecule has 2 heterocycles. The molecule has 0 saturated heterocycles. The van der Waals surface area contributed by atoms with Crippen molar-refractivity contribution in [3.63, 3.8) is 0 Å². The highest BCUT2D eigenvalue weighted by Crippen LogP contribution is 2.33. The third-order valence-corrected chi connectivity index (χ3v) is 8.50. The van der Waals surface area contributed by atoms with Crippen molar-refractivity contribution in [2.24, 2.45) is 0 Å². The predicted octanol–water partition coefficient (Wildman–Crippen LogP) is 3.37. The molecule has 9 heteroatoms. The molecule has 1 aromatic carbocycles. The first kappa shape index (κ1) is 20.3. The second-order valence-electron chi connectivity index (χ2n) is 7.88. The lowest BCUT2D eigenvalue weighted by Gasteiger charge is -2.34. The van der Waals surface area contributed by atoms with Gasteiger partial charge in [-0.3, -0.25) is 9.48 Å². The SMILES string of the molecule is CC1Cn2ncc(S(=O)(=O)C3CCCC3)c2CN1C(=O)Cc1ccc(F)c(Cl)c1. The van der Waals surface area contributed by atoms with Gasteiger partial charge in [-0.2, -0.15) is 5.10 Å². The number of carbonyl (C=O) groups is 1. The number of carbonyl (C=O) groups excluding carboxylic acids is 1. The van der Waals surface area contributed by atoms with Crippen LogP contribution in [0.1, 0.15) is 43.9 Å². The third-order valence-electron chi connectivity index (χ3n) is 5.91. The molecule has 0 spiro atoms. The van der Waals surface area contributed by atoms with Crippen molar-refractivity contribution in [1.29, 1.82) is 0 Å². The van der Waals surface area contributed by atoms with E-state index in [2.05, 4.69) is 5.10 Å². The zero-order chi connectivity index (χ0) is 20.8. The second-order valence-corrected chi connectivity index (χ2v) is 10.5. The van der Waals surface area contributed by atoms with E-state index >= 15 is 0 Å². The van der Waals surface area contributed by atoms with Crippen molar-refractivity contribution < 1.29 is 17.6 Å². The van der Waals surface area contributed by atoms with Crippen LogP contribution in [0.3, 0.4) is 0 Å². The molecule has 1 aromatic heterocycles. The van der Waals surface area contributed by atoms with Gasteiger partial charge in [0.25, 0.3) is 0 Å². The molecule has 156 valence electrons. The minimum absolute atomic E-state index is 0.0231. The van der Waals surface area contributed by atoms with Gasteiger partial charge in [0.15, 0.2) is 9.84 Å². The fourth-order valence-electron chi connectivity index (χ4n) is 4.25. The van der Waals surface area contributed by atoms with Crippen molar-refractivity contribution in [2.75, 3.05) is 0 Å². The molecule has 1 aliphatic heterocycles. The summed E-state index contributed by atoms with van der Waals surface area (Å²) < 4.78 is 41.2. The number of aromatic nitrogens is 2. The minimum atomic E-state index is -3.45. The maximum Gasteiger partial charge on any atom is 0.227 e. The average Bonchev–Trinajstić information content (AvgIpc) is 3.34. The summed E-state index contributed by atoms with van der Waals surface area (Å²) in [6.45, 7) is 2.53. The van der Waals surface area contributed by atoms with E-state index in [9.17, 15) is 17.6 Å². The van der Waals surface area contributed by atoms with Crippen molar-refractivity contribution in [2.45, 2.75) is 68.3 Å². The highest BCUT2D eigenvalue weighted by atomic mass is 35.5. The lowest BCUT2D eigenvalue weighted by atomic mass is 10.1. The molecule has 6 nitrogen and oxygen atoms in total. The summed E-state index contributed by atoms with van der Waals surface area (Å²) in [5.41, 5.74) is 1.19. The highest BCUT2D eigenvalue weighted by Gasteiger charge is 2.37. The first-order valence-corrected chi connectivity index (χ1v) is 11.7. The van der Waals surface area contributed by atoms with Gasteiger partial charge in [0.05, 0.1) is 41.7 Å². The maximum absolute atomic E-state index is 13.4. The summed E-state index contributed by atoms with van der Waals surface area (Å²) in [6.07, 6.45) is 4.71. The quantitative estimate of drug-likeness (QED) is 0.732. The van der Waals surface area contributed by atoms with Gasteiger partial charge < -0.3 is 4.90 Å². The monoisotopic (exact) mass is 439 g/mol. The topological polar surface area (TPSA) is 72.3 Å². The van der Waals surface area contributed by atoms with Gasteiger partial charge in [-0.15, -0.1) is 0 Å². The van der Waals surface area contributed by atoms with Crippen LogP contribution in [0.4, 0.5) is 4.39 Å². The van der Waals surface area contributed by atoms with Crippen LogP contribution in [-0.4, -0.2) is 40.3 Å². The van der Waals surface area contributed by atoms with Crippen molar-refractivity contribution >= 4 is 27.3 Å². The Hall–Kier alpha value is -1.93. The number of nitrogens with zero attached hydrogens (tertiary/aromatic N) is 3. The normalized spacial score (nSPS) is 20.1. The molecule has 1 unspecified atom stereocenters. The summed E-state index contributed by atoms with van der Waals surface area (Å²) in [4.78, 5) is 14.9. The summed E-state index contributed by atoms with van der Waals surface area (Å²) in [7, 11) is -3.45. The van der Waals surface area contributed by atoms with Crippen LogP contribution in [0.2, 0.25) is 5.02 Å². The first-order chi connectivity index (χ1) is 13.8. The van der Waals surface area contributed by atoms with Gasteiger partial charge in [0, 0.05) is 6.04 Å². The van der Waals surface area contributed by atoms with Crippen LogP contribution in [0.25, 0.3) is 0 Å². The van der Waals surface area contributed by atoms with E-state index in [0.717, 1.165) is 12.8 Å². The molecule has 1 aliphatic carbocycles. The zero-order valence-corrected chi connectivity index (χ0v) is 17.7. The number of halogens is 2. The molecule has 1 atom stereocenters. The standard InChI is InChI=1S/C20H23ClFN3O3S/c1-13-11-25-18(19(10-23-25)29(27,28)15-4-2-3-5-15)12-24(13)20(26)9-14-6-7-17(22)16(21)8-14/h6-8,10,13,15H,2-5,9,11-12H2,1H3. The second kappa shape index (κ2) is 7.72. The largest absolute Gasteiger partial charge is 0.332 e. The highest BCUT2D eigenvalue weighted by molar-refractivity contribution is 7.92. The van der Waals surface area contributed by atoms with E-state index in [-0.39, 0.29) is 40.1 Å². The Balaban J connectivity index is 1.58. The molecule has 29 heavy (non-hydrogen) atoms. The molecule has 1 saturated carbocycles. The third kappa shape index (κ3) is 3.80. The average molecular weight is 440 g/mol. The van der Waals surface area contributed by atoms with Crippen molar-refractivity contribution in [1.82, 2.24) is 14.7 Å². The van der Waals surface area contributed by atoms with Gasteiger partial charge in [-0.05, 0) is 37.5 Å². The van der Waals surface area contributed by atoms with Gasteiger partial charge in [0.1, 0.15) is 10.7 Å². The van der Waals surface area contributed by atoms with Gasteiger partial charge in [-0.1, -0.05) is 30.5 Å². The summed E-state index contributed by atoms with van der Waals surface area (Å²) >= 11 is 5.82. The van der Waals surface area contributed by atoms with E-state index in [1.807, 2.05) is 6.92 Å². The molecule has 2 aromatic rings. The molecule has 4 rings (SSSR count). The van der Waals surface area contributed by atoms with E-state index in [1.54, 1.807) is 9.58 Å². The number of hydrogen-bond acceptors (Lipinski definition) is 4. The first-order valence-electron chi connectivity index (χ1n) is 9.79.